The standard InChI is InChI=1S/C27H34ClN3O5/c1-6-30(7-2)13-10-14-31-23(18-11-9-12-19(28)15-18)21(25(33)26(31)34)24(32)20-16(4)22(29-17(20)5)27(35)36-8-3/h9,11-12,15,23,29,32H,6-8,10,13-14H2,1-5H3. The highest BCUT2D eigenvalue weighted by Crippen LogP contribution is 2.41. The Morgan fingerprint density at radius 3 is 2.50 bits per heavy atom. The number of aromatic amines is 1. The number of aromatic nitrogens is 1. The molecule has 3 rings (SSSR count). The van der Waals surface area contributed by atoms with Crippen LogP contribution in [-0.4, -0.2) is 70.3 Å². The van der Waals surface area contributed by atoms with E-state index in [-0.39, 0.29) is 23.6 Å². The summed E-state index contributed by atoms with van der Waals surface area (Å²) in [4.78, 5) is 45.6. The number of nitrogens with one attached hydrogen (secondary N) is 1. The predicted octanol–water partition coefficient (Wildman–Crippen LogP) is 4.62. The first-order chi connectivity index (χ1) is 17.2. The second-order valence-corrected chi connectivity index (χ2v) is 9.21. The number of nitrogens with zero attached hydrogens (tertiary/aromatic N) is 2. The van der Waals surface area contributed by atoms with Gasteiger partial charge in [0, 0.05) is 22.8 Å². The van der Waals surface area contributed by atoms with Crippen LogP contribution in [0.5, 0.6) is 0 Å². The lowest BCUT2D eigenvalue weighted by atomic mass is 9.94. The van der Waals surface area contributed by atoms with Gasteiger partial charge < -0.3 is 24.6 Å². The van der Waals surface area contributed by atoms with Gasteiger partial charge in [-0.2, -0.15) is 0 Å². The molecule has 0 saturated carbocycles. The van der Waals surface area contributed by atoms with E-state index >= 15 is 0 Å². The molecule has 1 saturated heterocycles. The molecule has 36 heavy (non-hydrogen) atoms. The fraction of sp³-hybridized carbons (Fsp3) is 0.444. The minimum Gasteiger partial charge on any atom is -0.507 e. The molecular formula is C27H34ClN3O5. The van der Waals surface area contributed by atoms with Gasteiger partial charge in [-0.15, -0.1) is 0 Å². The lowest BCUT2D eigenvalue weighted by Crippen LogP contribution is -2.33. The second kappa shape index (κ2) is 11.8. The first-order valence-corrected chi connectivity index (χ1v) is 12.7. The molecule has 1 atom stereocenters. The van der Waals surface area contributed by atoms with Crippen molar-refractivity contribution in [2.24, 2.45) is 0 Å². The number of benzene rings is 1. The number of esters is 1. The highest BCUT2D eigenvalue weighted by Gasteiger charge is 2.46. The number of ketones is 1. The Kier molecular flexibility index (Phi) is 8.98. The van der Waals surface area contributed by atoms with Crippen molar-refractivity contribution in [3.63, 3.8) is 0 Å². The Labute approximate surface area is 216 Å². The maximum Gasteiger partial charge on any atom is 0.355 e. The highest BCUT2D eigenvalue weighted by atomic mass is 35.5. The van der Waals surface area contributed by atoms with Crippen molar-refractivity contribution in [3.8, 4) is 0 Å². The molecule has 1 fully saturated rings. The fourth-order valence-corrected chi connectivity index (χ4v) is 4.98. The van der Waals surface area contributed by atoms with Gasteiger partial charge in [0.15, 0.2) is 0 Å². The molecule has 1 amide bonds. The molecule has 2 aromatic rings. The summed E-state index contributed by atoms with van der Waals surface area (Å²) in [5.74, 6) is -2.32. The highest BCUT2D eigenvalue weighted by molar-refractivity contribution is 6.46. The zero-order chi connectivity index (χ0) is 26.6. The lowest BCUT2D eigenvalue weighted by molar-refractivity contribution is -0.140. The van der Waals surface area contributed by atoms with Crippen molar-refractivity contribution in [1.29, 1.82) is 0 Å². The van der Waals surface area contributed by atoms with E-state index in [1.54, 1.807) is 45.0 Å². The van der Waals surface area contributed by atoms with Crippen molar-refractivity contribution in [3.05, 3.63) is 62.9 Å². The van der Waals surface area contributed by atoms with Crippen molar-refractivity contribution < 1.29 is 24.2 Å². The smallest absolute Gasteiger partial charge is 0.355 e. The molecule has 1 unspecified atom stereocenters. The number of hydrogen-bond acceptors (Lipinski definition) is 6. The molecule has 1 aliphatic rings. The van der Waals surface area contributed by atoms with Crippen molar-refractivity contribution in [1.82, 2.24) is 14.8 Å². The molecule has 1 aromatic heterocycles. The maximum atomic E-state index is 13.3. The van der Waals surface area contributed by atoms with E-state index in [1.807, 2.05) is 0 Å². The van der Waals surface area contributed by atoms with Crippen LogP contribution < -0.4 is 0 Å². The number of rotatable bonds is 10. The average Bonchev–Trinajstić information content (AvgIpc) is 3.29. The van der Waals surface area contributed by atoms with Gasteiger partial charge in [-0.05, 0) is 70.1 Å². The largest absolute Gasteiger partial charge is 0.507 e. The zero-order valence-corrected chi connectivity index (χ0v) is 22.2. The number of aliphatic hydroxyl groups is 1. The van der Waals surface area contributed by atoms with Gasteiger partial charge in [-0.3, -0.25) is 9.59 Å². The van der Waals surface area contributed by atoms with Gasteiger partial charge in [0.05, 0.1) is 18.2 Å². The number of H-pyrrole nitrogens is 1. The van der Waals surface area contributed by atoms with Crippen LogP contribution in [0.4, 0.5) is 0 Å². The van der Waals surface area contributed by atoms with E-state index in [0.29, 0.717) is 40.4 Å². The summed E-state index contributed by atoms with van der Waals surface area (Å²) in [5.41, 5.74) is 2.05. The first-order valence-electron chi connectivity index (χ1n) is 12.3. The SMILES string of the molecule is CCOC(=O)c1[nH]c(C)c(C(O)=C2C(=O)C(=O)N(CCCN(CC)CC)C2c2cccc(Cl)c2)c1C. The summed E-state index contributed by atoms with van der Waals surface area (Å²) < 4.78 is 5.11. The molecule has 1 aromatic carbocycles. The lowest BCUT2D eigenvalue weighted by Gasteiger charge is -2.27. The number of aliphatic hydroxyl groups excluding tert-OH is 1. The Morgan fingerprint density at radius 1 is 1.19 bits per heavy atom. The van der Waals surface area contributed by atoms with Crippen LogP contribution in [0.15, 0.2) is 29.8 Å². The predicted molar refractivity (Wildman–Crippen MR) is 139 cm³/mol. The molecular weight excluding hydrogens is 482 g/mol. The number of carbonyl (C=O) groups is 3. The Balaban J connectivity index is 2.11. The molecule has 1 aliphatic heterocycles. The molecule has 0 radical (unpaired) electrons. The summed E-state index contributed by atoms with van der Waals surface area (Å²) in [6.45, 7) is 12.3. The van der Waals surface area contributed by atoms with Crippen molar-refractivity contribution >= 4 is 35.0 Å². The number of amides is 1. The third-order valence-corrected chi connectivity index (χ3v) is 6.86. The van der Waals surface area contributed by atoms with Crippen LogP contribution in [-0.2, 0) is 14.3 Å². The van der Waals surface area contributed by atoms with E-state index < -0.39 is 23.7 Å². The normalized spacial score (nSPS) is 17.3. The van der Waals surface area contributed by atoms with Crippen LogP contribution in [0.25, 0.3) is 5.76 Å². The van der Waals surface area contributed by atoms with Gasteiger partial charge in [-0.25, -0.2) is 4.79 Å². The first kappa shape index (κ1) is 27.5. The zero-order valence-electron chi connectivity index (χ0n) is 21.5. The van der Waals surface area contributed by atoms with Crippen LogP contribution >= 0.6 is 11.6 Å². The topological polar surface area (TPSA) is 103 Å². The van der Waals surface area contributed by atoms with Crippen molar-refractivity contribution in [2.75, 3.05) is 32.8 Å². The number of ether oxygens (including phenoxy) is 1. The van der Waals surface area contributed by atoms with Crippen LogP contribution in [0.2, 0.25) is 5.02 Å². The number of carbonyl (C=O) groups excluding carboxylic acids is 3. The van der Waals surface area contributed by atoms with Crippen molar-refractivity contribution in [2.45, 2.75) is 47.1 Å². The van der Waals surface area contributed by atoms with Gasteiger partial charge in [-0.1, -0.05) is 37.6 Å². The van der Waals surface area contributed by atoms with E-state index in [1.165, 1.54) is 4.90 Å². The summed E-state index contributed by atoms with van der Waals surface area (Å²) in [6.07, 6.45) is 0.668. The monoisotopic (exact) mass is 515 g/mol. The number of aryl methyl sites for hydroxylation is 1. The number of likely N-dealkylation sites (tertiary alicyclic amines) is 1. The molecule has 194 valence electrons. The molecule has 8 nitrogen and oxygen atoms in total. The molecule has 9 heteroatoms. The fourth-order valence-electron chi connectivity index (χ4n) is 4.79. The summed E-state index contributed by atoms with van der Waals surface area (Å²) >= 11 is 6.26. The third-order valence-electron chi connectivity index (χ3n) is 6.63. The quantitative estimate of drug-likeness (QED) is 0.207. The van der Waals surface area contributed by atoms with Gasteiger partial charge in [0.1, 0.15) is 11.5 Å². The number of Topliss-reactive ketones (excluding diaryl/α,β-unsaturated/α-hetero) is 1. The summed E-state index contributed by atoms with van der Waals surface area (Å²) in [6, 6.07) is 6.14. The molecule has 0 bridgehead atoms. The van der Waals surface area contributed by atoms with Crippen LogP contribution in [0.1, 0.15) is 66.1 Å². The number of hydrogen-bond donors (Lipinski definition) is 2. The van der Waals surface area contributed by atoms with E-state index in [2.05, 4.69) is 23.7 Å². The van der Waals surface area contributed by atoms with Gasteiger partial charge in [0.25, 0.3) is 11.7 Å². The van der Waals surface area contributed by atoms with E-state index in [0.717, 1.165) is 19.6 Å². The second-order valence-electron chi connectivity index (χ2n) is 8.77. The maximum absolute atomic E-state index is 13.3. The molecule has 0 spiro atoms. The summed E-state index contributed by atoms with van der Waals surface area (Å²) in [7, 11) is 0. The third kappa shape index (κ3) is 5.34. The Morgan fingerprint density at radius 2 is 1.89 bits per heavy atom. The Bertz CT molecular complexity index is 1180. The van der Waals surface area contributed by atoms with E-state index in [4.69, 9.17) is 16.3 Å². The van der Waals surface area contributed by atoms with Crippen LogP contribution in [0.3, 0.4) is 0 Å². The van der Waals surface area contributed by atoms with E-state index in [9.17, 15) is 19.5 Å². The van der Waals surface area contributed by atoms with Gasteiger partial charge >= 0.3 is 5.97 Å². The minimum atomic E-state index is -0.805. The van der Waals surface area contributed by atoms with Crippen LogP contribution in [0, 0.1) is 13.8 Å². The minimum absolute atomic E-state index is 0.0225. The molecule has 2 N–H and O–H groups in total. The molecule has 2 heterocycles. The molecule has 0 aliphatic carbocycles. The number of halogens is 1. The Hall–Kier alpha value is -3.10. The summed E-state index contributed by atoms with van der Waals surface area (Å²) in [5, 5.41) is 11.9. The average molecular weight is 516 g/mol. The van der Waals surface area contributed by atoms with Gasteiger partial charge in [0.2, 0.25) is 0 Å².